The van der Waals surface area contributed by atoms with Crippen LogP contribution in [0.2, 0.25) is 0 Å². The van der Waals surface area contributed by atoms with Crippen LogP contribution in [0.5, 0.6) is 0 Å². The molecule has 118 valence electrons. The Morgan fingerprint density at radius 2 is 1.87 bits per heavy atom. The van der Waals surface area contributed by atoms with E-state index in [4.69, 9.17) is 0 Å². The van der Waals surface area contributed by atoms with Gasteiger partial charge >= 0.3 is 0 Å². The number of likely N-dealkylation sites (tertiary alicyclic amines) is 1. The summed E-state index contributed by atoms with van der Waals surface area (Å²) in [5, 5.41) is 0. The smallest absolute Gasteiger partial charge is 0.233 e. The highest BCUT2D eigenvalue weighted by Gasteiger charge is 2.42. The molecule has 23 heavy (non-hydrogen) atoms. The third-order valence-electron chi connectivity index (χ3n) is 4.38. The molecule has 2 atom stereocenters. The molecule has 0 bridgehead atoms. The summed E-state index contributed by atoms with van der Waals surface area (Å²) >= 11 is 0. The van der Waals surface area contributed by atoms with Crippen LogP contribution in [-0.2, 0) is 16.0 Å². The molecular weight excluding hydrogens is 288 g/mol. The Balaban J connectivity index is 1.95. The maximum Gasteiger partial charge on any atom is 0.233 e. The van der Waals surface area contributed by atoms with Crippen LogP contribution < -0.4 is 0 Å². The van der Waals surface area contributed by atoms with Gasteiger partial charge in [0.25, 0.3) is 0 Å². The molecule has 2 aromatic rings. The second-order valence-electron chi connectivity index (χ2n) is 5.87. The van der Waals surface area contributed by atoms with Crippen molar-refractivity contribution in [3.63, 3.8) is 0 Å². The number of benzene rings is 1. The van der Waals surface area contributed by atoms with Crippen LogP contribution >= 0.6 is 0 Å². The highest BCUT2D eigenvalue weighted by molar-refractivity contribution is 6.03. The van der Waals surface area contributed by atoms with Crippen molar-refractivity contribution in [3.05, 3.63) is 66.0 Å². The molecule has 0 radical (unpaired) electrons. The molecule has 4 nitrogen and oxygen atoms in total. The third-order valence-corrected chi connectivity index (χ3v) is 4.38. The fourth-order valence-corrected chi connectivity index (χ4v) is 3.10. The van der Waals surface area contributed by atoms with Gasteiger partial charge in [0.15, 0.2) is 0 Å². The number of aromatic nitrogens is 1. The lowest BCUT2D eigenvalue weighted by Gasteiger charge is -2.26. The summed E-state index contributed by atoms with van der Waals surface area (Å²) in [7, 11) is 0. The number of amides is 2. The van der Waals surface area contributed by atoms with Crippen molar-refractivity contribution in [1.29, 1.82) is 0 Å². The molecule has 2 unspecified atom stereocenters. The number of carbonyl (C=O) groups is 2. The number of hydrogen-bond donors (Lipinski definition) is 0. The van der Waals surface area contributed by atoms with E-state index in [1.54, 1.807) is 6.20 Å². The highest BCUT2D eigenvalue weighted by atomic mass is 16.2. The average Bonchev–Trinajstić information content (AvgIpc) is 2.88. The summed E-state index contributed by atoms with van der Waals surface area (Å²) in [5.41, 5.74) is 1.85. The van der Waals surface area contributed by atoms with E-state index in [9.17, 15) is 9.59 Å². The van der Waals surface area contributed by atoms with Gasteiger partial charge in [-0.05, 0) is 30.5 Å². The molecule has 1 fully saturated rings. The summed E-state index contributed by atoms with van der Waals surface area (Å²) in [4.78, 5) is 30.9. The van der Waals surface area contributed by atoms with Gasteiger partial charge in [0.05, 0.1) is 11.7 Å². The molecule has 1 aliphatic rings. The van der Waals surface area contributed by atoms with Gasteiger partial charge < -0.3 is 0 Å². The molecule has 0 aliphatic carbocycles. The minimum atomic E-state index is -0.338. The lowest BCUT2D eigenvalue weighted by atomic mass is 10.0. The van der Waals surface area contributed by atoms with Gasteiger partial charge in [0, 0.05) is 18.5 Å². The first-order valence-corrected chi connectivity index (χ1v) is 8.01. The van der Waals surface area contributed by atoms with Crippen molar-refractivity contribution in [2.45, 2.75) is 32.2 Å². The van der Waals surface area contributed by atoms with E-state index >= 15 is 0 Å². The fraction of sp³-hybridized carbons (Fsp3) is 0.316. The maximum absolute atomic E-state index is 12.6. The lowest BCUT2D eigenvalue weighted by Crippen LogP contribution is -2.36. The van der Waals surface area contributed by atoms with Crippen LogP contribution in [0.25, 0.3) is 0 Å². The van der Waals surface area contributed by atoms with E-state index in [1.807, 2.05) is 55.5 Å². The van der Waals surface area contributed by atoms with Gasteiger partial charge in [0.1, 0.15) is 0 Å². The number of rotatable bonds is 5. The number of hydrogen-bond acceptors (Lipinski definition) is 3. The highest BCUT2D eigenvalue weighted by Crippen LogP contribution is 2.32. The van der Waals surface area contributed by atoms with Gasteiger partial charge in [-0.1, -0.05) is 43.3 Å². The Morgan fingerprint density at radius 1 is 1.13 bits per heavy atom. The first-order valence-electron chi connectivity index (χ1n) is 8.01. The third kappa shape index (κ3) is 3.16. The molecule has 1 aromatic carbocycles. The maximum atomic E-state index is 12.6. The molecule has 0 saturated carbocycles. The minimum absolute atomic E-state index is 0.0657. The van der Waals surface area contributed by atoms with Gasteiger partial charge in [-0.25, -0.2) is 0 Å². The van der Waals surface area contributed by atoms with E-state index in [2.05, 4.69) is 4.98 Å². The van der Waals surface area contributed by atoms with E-state index in [1.165, 1.54) is 4.90 Å². The lowest BCUT2D eigenvalue weighted by molar-refractivity contribution is -0.142. The van der Waals surface area contributed by atoms with E-state index in [-0.39, 0.29) is 23.8 Å². The second-order valence-corrected chi connectivity index (χ2v) is 5.87. The molecule has 1 aliphatic heterocycles. The topological polar surface area (TPSA) is 50.3 Å². The zero-order valence-electron chi connectivity index (χ0n) is 13.2. The Bertz CT molecular complexity index is 685. The molecule has 2 heterocycles. The fourth-order valence-electron chi connectivity index (χ4n) is 3.10. The monoisotopic (exact) mass is 308 g/mol. The van der Waals surface area contributed by atoms with Crippen molar-refractivity contribution < 1.29 is 9.59 Å². The summed E-state index contributed by atoms with van der Waals surface area (Å²) in [6, 6.07) is 15.2. The molecule has 1 aromatic heterocycles. The first-order chi connectivity index (χ1) is 11.2. The molecule has 3 rings (SSSR count). The Hall–Kier alpha value is -2.49. The minimum Gasteiger partial charge on any atom is -0.274 e. The van der Waals surface area contributed by atoms with Crippen LogP contribution in [0.4, 0.5) is 0 Å². The van der Waals surface area contributed by atoms with Crippen LogP contribution in [0.3, 0.4) is 0 Å². The van der Waals surface area contributed by atoms with Gasteiger partial charge in [-0.2, -0.15) is 0 Å². The number of nitrogens with zero attached hydrogens (tertiary/aromatic N) is 2. The van der Waals surface area contributed by atoms with Gasteiger partial charge in [0.2, 0.25) is 11.8 Å². The number of carbonyl (C=O) groups excluding carboxylic acids is 2. The van der Waals surface area contributed by atoms with E-state index < -0.39 is 0 Å². The summed E-state index contributed by atoms with van der Waals surface area (Å²) in [6.07, 6.45) is 3.30. The number of imide groups is 1. The van der Waals surface area contributed by atoms with Crippen molar-refractivity contribution >= 4 is 11.8 Å². The van der Waals surface area contributed by atoms with Crippen molar-refractivity contribution in [1.82, 2.24) is 9.88 Å². The van der Waals surface area contributed by atoms with E-state index in [0.717, 1.165) is 11.3 Å². The summed E-state index contributed by atoms with van der Waals surface area (Å²) in [5.74, 6) is -0.345. The zero-order valence-corrected chi connectivity index (χ0v) is 13.2. The SMILES string of the molecule is CCC1CC(=O)N(C(Cc2ccccc2)c2ccccn2)C1=O. The standard InChI is InChI=1S/C19H20N2O2/c1-2-15-13-18(22)21(19(15)23)17(16-10-6-7-11-20-16)12-14-8-4-3-5-9-14/h3-11,15,17H,2,12-13H2,1H3. The Morgan fingerprint density at radius 3 is 2.48 bits per heavy atom. The predicted molar refractivity (Wildman–Crippen MR) is 87.4 cm³/mol. The van der Waals surface area contributed by atoms with Crippen LogP contribution in [0, 0.1) is 5.92 Å². The molecule has 1 saturated heterocycles. The Kier molecular flexibility index (Phi) is 4.51. The van der Waals surface area contributed by atoms with E-state index in [0.29, 0.717) is 19.3 Å². The van der Waals surface area contributed by atoms with Crippen molar-refractivity contribution in [2.75, 3.05) is 0 Å². The van der Waals surface area contributed by atoms with Crippen molar-refractivity contribution in [3.8, 4) is 0 Å². The summed E-state index contributed by atoms with van der Waals surface area (Å²) < 4.78 is 0. The quantitative estimate of drug-likeness (QED) is 0.797. The number of pyridine rings is 1. The van der Waals surface area contributed by atoms with Crippen LogP contribution in [0.15, 0.2) is 54.7 Å². The molecular formula is C19H20N2O2. The summed E-state index contributed by atoms with van der Waals surface area (Å²) in [6.45, 7) is 1.95. The van der Waals surface area contributed by atoms with Gasteiger partial charge in [-0.3, -0.25) is 19.5 Å². The average molecular weight is 308 g/mol. The predicted octanol–water partition coefficient (Wildman–Crippen LogP) is 3.15. The zero-order chi connectivity index (χ0) is 16.2. The van der Waals surface area contributed by atoms with Gasteiger partial charge in [-0.15, -0.1) is 0 Å². The molecule has 0 spiro atoms. The normalized spacial score (nSPS) is 19.2. The van der Waals surface area contributed by atoms with Crippen LogP contribution in [-0.4, -0.2) is 21.7 Å². The molecule has 2 amide bonds. The van der Waals surface area contributed by atoms with Crippen molar-refractivity contribution in [2.24, 2.45) is 5.92 Å². The largest absolute Gasteiger partial charge is 0.274 e. The van der Waals surface area contributed by atoms with Crippen LogP contribution in [0.1, 0.15) is 37.1 Å². The first kappa shape index (κ1) is 15.4. The second kappa shape index (κ2) is 6.73. The Labute approximate surface area is 136 Å². The molecule has 0 N–H and O–H groups in total. The molecule has 4 heteroatoms.